The number of hydrogen-bond donors (Lipinski definition) is 0. The number of rotatable bonds is 8. The molecule has 134 valence electrons. The Morgan fingerprint density at radius 3 is 2.46 bits per heavy atom. The average molecular weight is 353 g/mol. The summed E-state index contributed by atoms with van der Waals surface area (Å²) in [5.41, 5.74) is 0.0770. The second kappa shape index (κ2) is 8.53. The number of carbonyl (C=O) groups excluding carboxylic acids is 2. The highest BCUT2D eigenvalue weighted by molar-refractivity contribution is 5.95. The number of aryl methyl sites for hydroxylation is 1. The number of aromatic nitrogens is 1. The molecule has 0 N–H and O–H groups in total. The van der Waals surface area contributed by atoms with Crippen molar-refractivity contribution < 1.29 is 18.7 Å². The molecule has 0 aliphatic heterocycles. The Bertz CT molecular complexity index is 846. The zero-order chi connectivity index (χ0) is 19.1. The number of ether oxygens (including phenoxy) is 1. The van der Waals surface area contributed by atoms with Crippen molar-refractivity contribution in [2.24, 2.45) is 0 Å². The van der Waals surface area contributed by atoms with Crippen LogP contribution in [0.1, 0.15) is 21.7 Å². The van der Waals surface area contributed by atoms with Crippen molar-refractivity contribution in [3.05, 3.63) is 66.7 Å². The van der Waals surface area contributed by atoms with Crippen LogP contribution in [0.15, 0.2) is 54.3 Å². The molecule has 0 unspecified atom stereocenters. The van der Waals surface area contributed by atoms with Crippen LogP contribution >= 0.6 is 0 Å². The molecule has 7 heteroatoms. The molecule has 7 nitrogen and oxygen atoms in total. The Balaban J connectivity index is 2.17. The SMILES string of the molecule is C=CCN(CC=C)C(=O)COC(=O)c1c(C)oc(-n2cccc2)c1C#N. The highest BCUT2D eigenvalue weighted by Gasteiger charge is 2.26. The summed E-state index contributed by atoms with van der Waals surface area (Å²) in [5, 5.41) is 9.44. The van der Waals surface area contributed by atoms with Crippen LogP contribution in [0, 0.1) is 18.3 Å². The number of hydrogen-bond acceptors (Lipinski definition) is 5. The maximum Gasteiger partial charge on any atom is 0.343 e. The van der Waals surface area contributed by atoms with E-state index in [0.717, 1.165) is 0 Å². The van der Waals surface area contributed by atoms with E-state index in [-0.39, 0.29) is 28.7 Å². The molecule has 0 saturated heterocycles. The van der Waals surface area contributed by atoms with Crippen LogP contribution in [0.2, 0.25) is 0 Å². The molecular formula is C19H19N3O4. The maximum absolute atomic E-state index is 12.4. The zero-order valence-corrected chi connectivity index (χ0v) is 14.5. The quantitative estimate of drug-likeness (QED) is 0.538. The average Bonchev–Trinajstić information content (AvgIpc) is 3.26. The first kappa shape index (κ1) is 18.8. The lowest BCUT2D eigenvalue weighted by Crippen LogP contribution is -2.35. The Morgan fingerprint density at radius 2 is 1.92 bits per heavy atom. The fraction of sp³-hybridized carbons (Fsp3) is 0.211. The Hall–Kier alpha value is -3.53. The van der Waals surface area contributed by atoms with Crippen molar-refractivity contribution in [2.75, 3.05) is 19.7 Å². The smallest absolute Gasteiger partial charge is 0.343 e. The van der Waals surface area contributed by atoms with Crippen LogP contribution < -0.4 is 0 Å². The van der Waals surface area contributed by atoms with Gasteiger partial charge in [-0.1, -0.05) is 12.2 Å². The molecule has 0 bridgehead atoms. The molecule has 0 aliphatic carbocycles. The summed E-state index contributed by atoms with van der Waals surface area (Å²) in [6, 6.07) is 5.50. The minimum atomic E-state index is -0.785. The first-order valence-electron chi connectivity index (χ1n) is 7.87. The molecular weight excluding hydrogens is 334 g/mol. The van der Waals surface area contributed by atoms with Crippen molar-refractivity contribution in [1.29, 1.82) is 5.26 Å². The Morgan fingerprint density at radius 1 is 1.31 bits per heavy atom. The van der Waals surface area contributed by atoms with Gasteiger partial charge in [-0.05, 0) is 19.1 Å². The predicted octanol–water partition coefficient (Wildman–Crippen LogP) is 2.61. The number of nitriles is 1. The second-order valence-electron chi connectivity index (χ2n) is 5.37. The summed E-state index contributed by atoms with van der Waals surface area (Å²) >= 11 is 0. The molecule has 1 amide bonds. The van der Waals surface area contributed by atoms with Gasteiger partial charge in [0, 0.05) is 25.5 Å². The molecule has 0 atom stereocenters. The fourth-order valence-corrected chi connectivity index (χ4v) is 2.41. The largest absolute Gasteiger partial charge is 0.452 e. The van der Waals surface area contributed by atoms with E-state index in [2.05, 4.69) is 13.2 Å². The molecule has 2 aromatic heterocycles. The van der Waals surface area contributed by atoms with Gasteiger partial charge in [-0.25, -0.2) is 4.79 Å². The lowest BCUT2D eigenvalue weighted by Gasteiger charge is -2.18. The highest BCUT2D eigenvalue weighted by atomic mass is 16.5. The van der Waals surface area contributed by atoms with E-state index in [0.29, 0.717) is 13.1 Å². The van der Waals surface area contributed by atoms with Crippen molar-refractivity contribution in [3.63, 3.8) is 0 Å². The van der Waals surface area contributed by atoms with E-state index in [9.17, 15) is 14.9 Å². The van der Waals surface area contributed by atoms with Crippen LogP contribution in [0.5, 0.6) is 0 Å². The minimum Gasteiger partial charge on any atom is -0.452 e. The number of amides is 1. The summed E-state index contributed by atoms with van der Waals surface area (Å²) in [4.78, 5) is 26.0. The van der Waals surface area contributed by atoms with E-state index < -0.39 is 12.6 Å². The third-order valence-corrected chi connectivity index (χ3v) is 3.60. The predicted molar refractivity (Wildman–Crippen MR) is 94.7 cm³/mol. The Labute approximate surface area is 151 Å². The van der Waals surface area contributed by atoms with Crippen molar-refractivity contribution in [3.8, 4) is 12.0 Å². The first-order chi connectivity index (χ1) is 12.5. The summed E-state index contributed by atoms with van der Waals surface area (Å²) < 4.78 is 12.2. The molecule has 26 heavy (non-hydrogen) atoms. The normalized spacial score (nSPS) is 10.0. The van der Waals surface area contributed by atoms with E-state index >= 15 is 0 Å². The summed E-state index contributed by atoms with van der Waals surface area (Å²) in [6.45, 7) is 8.91. The monoisotopic (exact) mass is 353 g/mol. The van der Waals surface area contributed by atoms with Gasteiger partial charge in [0.05, 0.1) is 0 Å². The standard InChI is InChI=1S/C19H19N3O4/c1-4-8-21(9-5-2)16(23)13-25-19(24)17-14(3)26-18(15(17)12-20)22-10-6-7-11-22/h4-7,10-11H,1-2,8-9,13H2,3H3. The van der Waals surface area contributed by atoms with Crippen LogP contribution in [0.3, 0.4) is 0 Å². The molecule has 2 rings (SSSR count). The molecule has 0 aromatic carbocycles. The van der Waals surface area contributed by atoms with Gasteiger partial charge in [0.25, 0.3) is 5.91 Å². The van der Waals surface area contributed by atoms with E-state index in [1.165, 1.54) is 4.90 Å². The highest BCUT2D eigenvalue weighted by Crippen LogP contribution is 2.26. The van der Waals surface area contributed by atoms with E-state index in [4.69, 9.17) is 9.15 Å². The third-order valence-electron chi connectivity index (χ3n) is 3.60. The fourth-order valence-electron chi connectivity index (χ4n) is 2.41. The minimum absolute atomic E-state index is 0.0167. The zero-order valence-electron chi connectivity index (χ0n) is 14.5. The molecule has 0 fully saturated rings. The van der Waals surface area contributed by atoms with Gasteiger partial charge in [0.1, 0.15) is 23.0 Å². The lowest BCUT2D eigenvalue weighted by atomic mass is 10.1. The number of esters is 1. The number of nitrogens with zero attached hydrogens (tertiary/aromatic N) is 3. The third kappa shape index (κ3) is 3.92. The van der Waals surface area contributed by atoms with Gasteiger partial charge < -0.3 is 14.1 Å². The summed E-state index contributed by atoms with van der Waals surface area (Å²) in [5.74, 6) is -0.694. The van der Waals surface area contributed by atoms with Gasteiger partial charge in [-0.2, -0.15) is 5.26 Å². The van der Waals surface area contributed by atoms with Gasteiger partial charge in [-0.3, -0.25) is 9.36 Å². The van der Waals surface area contributed by atoms with Gasteiger partial charge >= 0.3 is 5.97 Å². The van der Waals surface area contributed by atoms with Crippen molar-refractivity contribution in [1.82, 2.24) is 9.47 Å². The number of furan rings is 1. The summed E-state index contributed by atoms with van der Waals surface area (Å²) in [6.07, 6.45) is 6.53. The van der Waals surface area contributed by atoms with Gasteiger partial charge in [-0.15, -0.1) is 13.2 Å². The Kier molecular flexibility index (Phi) is 6.17. The second-order valence-corrected chi connectivity index (χ2v) is 5.37. The van der Waals surface area contributed by atoms with Crippen molar-refractivity contribution in [2.45, 2.75) is 6.92 Å². The van der Waals surface area contributed by atoms with E-state index in [1.807, 2.05) is 6.07 Å². The molecule has 2 heterocycles. The summed E-state index contributed by atoms with van der Waals surface area (Å²) in [7, 11) is 0. The lowest BCUT2D eigenvalue weighted by molar-refractivity contribution is -0.133. The topological polar surface area (TPSA) is 88.5 Å². The molecule has 2 aromatic rings. The van der Waals surface area contributed by atoms with Gasteiger partial charge in [0.15, 0.2) is 6.61 Å². The van der Waals surface area contributed by atoms with Crippen LogP contribution in [0.4, 0.5) is 0 Å². The van der Waals surface area contributed by atoms with Crippen LogP contribution in [-0.2, 0) is 9.53 Å². The molecule has 0 spiro atoms. The molecule has 0 radical (unpaired) electrons. The molecule has 0 aliphatic rings. The van der Waals surface area contributed by atoms with Crippen molar-refractivity contribution >= 4 is 11.9 Å². The number of carbonyl (C=O) groups is 2. The maximum atomic E-state index is 12.4. The van der Waals surface area contributed by atoms with Gasteiger partial charge in [0.2, 0.25) is 5.88 Å². The van der Waals surface area contributed by atoms with E-state index in [1.54, 1.807) is 48.2 Å². The molecule has 0 saturated carbocycles. The first-order valence-corrected chi connectivity index (χ1v) is 7.87. The van der Waals surface area contributed by atoms with Crippen LogP contribution in [-0.4, -0.2) is 41.0 Å². The van der Waals surface area contributed by atoms with Crippen LogP contribution in [0.25, 0.3) is 5.88 Å².